The second kappa shape index (κ2) is 4.88. The summed E-state index contributed by atoms with van der Waals surface area (Å²) in [5, 5.41) is 10.9. The zero-order valence-electron chi connectivity index (χ0n) is 8.38. The van der Waals surface area contributed by atoms with E-state index in [1.54, 1.807) is 36.4 Å². The zero-order valence-corrected chi connectivity index (χ0v) is 9.13. The van der Waals surface area contributed by atoms with Gasteiger partial charge in [-0.2, -0.15) is 0 Å². The van der Waals surface area contributed by atoms with Crippen LogP contribution in [-0.4, -0.2) is 5.21 Å². The lowest BCUT2D eigenvalue weighted by Crippen LogP contribution is -2.22. The Kier molecular flexibility index (Phi) is 3.29. The van der Waals surface area contributed by atoms with Gasteiger partial charge in [-0.3, -0.25) is 5.21 Å². The lowest BCUT2D eigenvalue weighted by atomic mass is 10.3. The highest BCUT2D eigenvalue weighted by molar-refractivity contribution is 6.30. The van der Waals surface area contributed by atoms with E-state index in [1.165, 1.54) is 0 Å². The summed E-state index contributed by atoms with van der Waals surface area (Å²) in [5.41, 5.74) is 0.469. The van der Waals surface area contributed by atoms with E-state index in [1.807, 2.05) is 18.2 Å². The largest absolute Gasteiger partial charge is 0.354 e. The molecule has 0 unspecified atom stereocenters. The van der Waals surface area contributed by atoms with E-state index in [9.17, 15) is 5.21 Å². The molecule has 0 heterocycles. The first kappa shape index (κ1) is 10.8. The lowest BCUT2D eigenvalue weighted by molar-refractivity contribution is 0.0510. The first-order valence-corrected chi connectivity index (χ1v) is 5.11. The van der Waals surface area contributed by atoms with Gasteiger partial charge in [0.2, 0.25) is 0 Å². The molecular weight excluding hydrogens is 226 g/mol. The van der Waals surface area contributed by atoms with Gasteiger partial charge in [-0.05, 0) is 30.3 Å². The van der Waals surface area contributed by atoms with Crippen molar-refractivity contribution in [1.29, 1.82) is 0 Å². The minimum atomic E-state index is 0.469. The van der Waals surface area contributed by atoms with Gasteiger partial charge in [0.1, 0.15) is 5.69 Å². The van der Waals surface area contributed by atoms with Crippen LogP contribution in [-0.2, 0) is 0 Å². The van der Waals surface area contributed by atoms with Gasteiger partial charge in [0.25, 0.3) is 0 Å². The van der Waals surface area contributed by atoms with Crippen LogP contribution in [0, 0.1) is 0 Å². The molecule has 0 aliphatic heterocycles. The first-order chi connectivity index (χ1) is 7.75. The molecule has 2 aromatic carbocycles. The summed E-state index contributed by atoms with van der Waals surface area (Å²) in [6, 6.07) is 15.7. The predicted molar refractivity (Wildman–Crippen MR) is 62.8 cm³/mol. The maximum absolute atomic E-state index is 9.65. The highest BCUT2D eigenvalue weighted by atomic mass is 35.5. The number of hydrogen-bond acceptors (Lipinski definition) is 3. The third-order valence-corrected chi connectivity index (χ3v) is 2.20. The SMILES string of the molecule is ON(Oc1ccccc1)c1cccc(Cl)c1. The van der Waals surface area contributed by atoms with Crippen molar-refractivity contribution in [3.05, 3.63) is 59.6 Å². The Morgan fingerprint density at radius 3 is 2.44 bits per heavy atom. The van der Waals surface area contributed by atoms with E-state index in [2.05, 4.69) is 0 Å². The molecule has 0 bridgehead atoms. The Hall–Kier alpha value is -1.71. The number of anilines is 1. The van der Waals surface area contributed by atoms with Gasteiger partial charge in [-0.25, -0.2) is 0 Å². The fourth-order valence-electron chi connectivity index (χ4n) is 1.23. The molecular formula is C12H10ClNO2. The molecule has 4 heteroatoms. The highest BCUT2D eigenvalue weighted by Gasteiger charge is 2.05. The van der Waals surface area contributed by atoms with E-state index in [0.717, 1.165) is 0 Å². The Morgan fingerprint density at radius 1 is 1.00 bits per heavy atom. The molecule has 16 heavy (non-hydrogen) atoms. The van der Waals surface area contributed by atoms with E-state index >= 15 is 0 Å². The normalized spacial score (nSPS) is 9.88. The molecule has 0 radical (unpaired) electrons. The molecule has 0 saturated heterocycles. The molecule has 0 spiro atoms. The molecule has 1 N–H and O–H groups in total. The minimum absolute atomic E-state index is 0.469. The number of hydrogen-bond donors (Lipinski definition) is 1. The van der Waals surface area contributed by atoms with Crippen LogP contribution >= 0.6 is 11.6 Å². The third kappa shape index (κ3) is 2.66. The second-order valence-corrected chi connectivity index (χ2v) is 3.59. The van der Waals surface area contributed by atoms with Gasteiger partial charge in [-0.15, -0.1) is 0 Å². The summed E-state index contributed by atoms with van der Waals surface area (Å²) in [5.74, 6) is 0.546. The van der Waals surface area contributed by atoms with Crippen molar-refractivity contribution < 1.29 is 10.0 Å². The van der Waals surface area contributed by atoms with E-state index in [4.69, 9.17) is 16.4 Å². The smallest absolute Gasteiger partial charge is 0.158 e. The molecule has 0 aliphatic carbocycles. The van der Waals surface area contributed by atoms with Crippen molar-refractivity contribution in [2.45, 2.75) is 0 Å². The van der Waals surface area contributed by atoms with Crippen LogP contribution in [0.4, 0.5) is 5.69 Å². The van der Waals surface area contributed by atoms with Crippen molar-refractivity contribution in [2.75, 3.05) is 5.23 Å². The molecule has 0 aliphatic rings. The number of halogens is 1. The summed E-state index contributed by atoms with van der Waals surface area (Å²) in [4.78, 5) is 5.19. The minimum Gasteiger partial charge on any atom is -0.354 e. The number of nitrogens with zero attached hydrogens (tertiary/aromatic N) is 1. The molecule has 2 aromatic rings. The van der Waals surface area contributed by atoms with Gasteiger partial charge >= 0.3 is 0 Å². The van der Waals surface area contributed by atoms with Crippen LogP contribution < -0.4 is 10.1 Å². The predicted octanol–water partition coefficient (Wildman–Crippen LogP) is 3.53. The van der Waals surface area contributed by atoms with Crippen LogP contribution in [0.25, 0.3) is 0 Å². The number of rotatable bonds is 3. The standard InChI is InChI=1S/C12H10ClNO2/c13-10-5-4-6-11(9-10)14(15)16-12-7-2-1-3-8-12/h1-9,15H. The summed E-state index contributed by atoms with van der Waals surface area (Å²) in [6.07, 6.45) is 0. The summed E-state index contributed by atoms with van der Waals surface area (Å²) < 4.78 is 0. The van der Waals surface area contributed by atoms with Crippen molar-refractivity contribution in [3.8, 4) is 5.75 Å². The molecule has 0 aromatic heterocycles. The average Bonchev–Trinajstić information content (AvgIpc) is 2.30. The van der Waals surface area contributed by atoms with Gasteiger partial charge in [-0.1, -0.05) is 41.1 Å². The fraction of sp³-hybridized carbons (Fsp3) is 0. The molecule has 3 nitrogen and oxygen atoms in total. The Labute approximate surface area is 98.4 Å². The van der Waals surface area contributed by atoms with Crippen LogP contribution in [0.5, 0.6) is 5.75 Å². The number of para-hydroxylation sites is 1. The third-order valence-electron chi connectivity index (χ3n) is 1.96. The molecule has 0 fully saturated rings. The van der Waals surface area contributed by atoms with Gasteiger partial charge in [0.15, 0.2) is 5.75 Å². The molecule has 0 saturated carbocycles. The highest BCUT2D eigenvalue weighted by Crippen LogP contribution is 2.20. The number of benzene rings is 2. The topological polar surface area (TPSA) is 32.7 Å². The maximum atomic E-state index is 9.65. The van der Waals surface area contributed by atoms with Crippen molar-refractivity contribution >= 4 is 17.3 Å². The monoisotopic (exact) mass is 235 g/mol. The van der Waals surface area contributed by atoms with Crippen molar-refractivity contribution in [2.24, 2.45) is 0 Å². The first-order valence-electron chi connectivity index (χ1n) is 4.73. The molecule has 82 valence electrons. The van der Waals surface area contributed by atoms with E-state index < -0.39 is 0 Å². The molecule has 0 atom stereocenters. The van der Waals surface area contributed by atoms with Gasteiger partial charge < -0.3 is 4.84 Å². The fourth-order valence-corrected chi connectivity index (χ4v) is 1.41. The van der Waals surface area contributed by atoms with Crippen LogP contribution in [0.15, 0.2) is 54.6 Å². The van der Waals surface area contributed by atoms with Crippen molar-refractivity contribution in [1.82, 2.24) is 0 Å². The van der Waals surface area contributed by atoms with E-state index in [0.29, 0.717) is 21.7 Å². The van der Waals surface area contributed by atoms with Crippen molar-refractivity contribution in [3.63, 3.8) is 0 Å². The van der Waals surface area contributed by atoms with Crippen LogP contribution in [0.3, 0.4) is 0 Å². The Balaban J connectivity index is 2.12. The van der Waals surface area contributed by atoms with E-state index in [-0.39, 0.29) is 0 Å². The zero-order chi connectivity index (χ0) is 11.4. The Morgan fingerprint density at radius 2 is 1.75 bits per heavy atom. The summed E-state index contributed by atoms with van der Waals surface area (Å²) >= 11 is 5.80. The maximum Gasteiger partial charge on any atom is 0.158 e. The van der Waals surface area contributed by atoms with Crippen LogP contribution in [0.2, 0.25) is 5.02 Å². The van der Waals surface area contributed by atoms with Gasteiger partial charge in [0.05, 0.1) is 0 Å². The Bertz CT molecular complexity index is 462. The second-order valence-electron chi connectivity index (χ2n) is 3.16. The van der Waals surface area contributed by atoms with Gasteiger partial charge in [0, 0.05) is 5.02 Å². The average molecular weight is 236 g/mol. The summed E-state index contributed by atoms with van der Waals surface area (Å²) in [7, 11) is 0. The van der Waals surface area contributed by atoms with Crippen LogP contribution in [0.1, 0.15) is 0 Å². The lowest BCUT2D eigenvalue weighted by Gasteiger charge is -2.16. The molecule has 2 rings (SSSR count). The molecule has 0 amide bonds. The summed E-state index contributed by atoms with van der Waals surface area (Å²) in [6.45, 7) is 0. The quantitative estimate of drug-likeness (QED) is 0.826.